The number of carbonyl (C=O) groups is 2. The lowest BCUT2D eigenvalue weighted by atomic mass is 10.1. The molecule has 0 saturated heterocycles. The molecular weight excluding hydrogens is 334 g/mol. The van der Waals surface area contributed by atoms with E-state index in [-0.39, 0.29) is 5.69 Å². The van der Waals surface area contributed by atoms with Crippen molar-refractivity contribution in [3.8, 4) is 0 Å². The first kappa shape index (κ1) is 17.5. The van der Waals surface area contributed by atoms with Crippen molar-refractivity contribution in [3.63, 3.8) is 0 Å². The molecule has 2 rings (SSSR count). The van der Waals surface area contributed by atoms with Gasteiger partial charge in [0, 0.05) is 11.8 Å². The van der Waals surface area contributed by atoms with E-state index in [1.165, 1.54) is 12.1 Å². The highest BCUT2D eigenvalue weighted by atomic mass is 16.6. The zero-order chi connectivity index (χ0) is 18.6. The second-order valence-electron chi connectivity index (χ2n) is 4.81. The number of nitro benzene ring substituents is 2. The van der Waals surface area contributed by atoms with E-state index in [4.69, 9.17) is 0 Å². The van der Waals surface area contributed by atoms with Crippen LogP contribution in [0.15, 0.2) is 48.5 Å². The molecule has 0 atom stereocenters. The van der Waals surface area contributed by atoms with Crippen LogP contribution in [0.4, 0.5) is 17.1 Å². The summed E-state index contributed by atoms with van der Waals surface area (Å²) in [6.45, 7) is -0.836. The smallest absolute Gasteiger partial charge is 0.289 e. The molecule has 2 aromatic rings. The third kappa shape index (κ3) is 3.93. The average Bonchev–Trinajstić information content (AvgIpc) is 2.59. The fourth-order valence-electron chi connectivity index (χ4n) is 2.13. The van der Waals surface area contributed by atoms with Crippen LogP contribution in [-0.2, 0) is 4.79 Å². The van der Waals surface area contributed by atoms with Crippen molar-refractivity contribution in [2.45, 2.75) is 0 Å². The molecule has 0 aliphatic carbocycles. The predicted octanol–water partition coefficient (Wildman–Crippen LogP) is 0.900. The third-order valence-corrected chi connectivity index (χ3v) is 3.22. The molecule has 0 aliphatic rings. The Hall–Kier alpha value is -3.82. The lowest BCUT2D eigenvalue weighted by molar-refractivity contribution is -0.394. The van der Waals surface area contributed by atoms with Gasteiger partial charge in [0.1, 0.15) is 5.56 Å². The number of rotatable bonds is 6. The maximum absolute atomic E-state index is 12.6. The van der Waals surface area contributed by atoms with Gasteiger partial charge in [0.2, 0.25) is 0 Å². The molecule has 0 bridgehead atoms. The minimum absolute atomic E-state index is 0.185. The summed E-state index contributed by atoms with van der Waals surface area (Å²) in [5.41, 5.74) is -1.64. The van der Waals surface area contributed by atoms with Gasteiger partial charge >= 0.3 is 0 Å². The zero-order valence-electron chi connectivity index (χ0n) is 12.5. The standard InChI is InChI=1S/C15H11N3O7/c19-14(20)9-16(10-4-2-1-3-5-10)15(21)12-7-6-11(17(22)23)8-13(12)18(24)25/h1-8H,9H2,(H,19,20)/p-1. The minimum Gasteiger partial charge on any atom is -0.548 e. The fraction of sp³-hybridized carbons (Fsp3) is 0.0667. The number of nitro groups is 2. The van der Waals surface area contributed by atoms with Crippen molar-refractivity contribution in [2.24, 2.45) is 0 Å². The summed E-state index contributed by atoms with van der Waals surface area (Å²) >= 11 is 0. The highest BCUT2D eigenvalue weighted by Crippen LogP contribution is 2.27. The Labute approximate surface area is 140 Å². The molecule has 10 nitrogen and oxygen atoms in total. The SMILES string of the molecule is O=C([O-])CN(C(=O)c1ccc([N+](=O)[O-])cc1[N+](=O)[O-])c1ccccc1. The van der Waals surface area contributed by atoms with E-state index in [0.29, 0.717) is 6.07 Å². The second kappa shape index (κ2) is 7.17. The van der Waals surface area contributed by atoms with Crippen LogP contribution in [0.1, 0.15) is 10.4 Å². The molecule has 25 heavy (non-hydrogen) atoms. The summed E-state index contributed by atoms with van der Waals surface area (Å²) in [5.74, 6) is -2.56. The Morgan fingerprint density at radius 2 is 1.60 bits per heavy atom. The van der Waals surface area contributed by atoms with Crippen LogP contribution in [0, 0.1) is 20.2 Å². The summed E-state index contributed by atoms with van der Waals surface area (Å²) in [5, 5.41) is 32.9. The lowest BCUT2D eigenvalue weighted by Crippen LogP contribution is -2.41. The van der Waals surface area contributed by atoms with E-state index in [1.807, 2.05) is 0 Å². The molecule has 0 N–H and O–H groups in total. The number of anilines is 1. The molecule has 0 unspecified atom stereocenters. The van der Waals surface area contributed by atoms with Gasteiger partial charge in [0.15, 0.2) is 0 Å². The lowest BCUT2D eigenvalue weighted by Gasteiger charge is -2.23. The molecule has 2 aromatic carbocycles. The van der Waals surface area contributed by atoms with E-state index in [0.717, 1.165) is 17.0 Å². The Bertz CT molecular complexity index is 851. The van der Waals surface area contributed by atoms with Crippen molar-refractivity contribution in [3.05, 3.63) is 74.3 Å². The molecule has 0 aromatic heterocycles. The number of amides is 1. The maximum atomic E-state index is 12.6. The Morgan fingerprint density at radius 3 is 2.12 bits per heavy atom. The number of aliphatic carboxylic acids is 1. The van der Waals surface area contributed by atoms with Crippen molar-refractivity contribution in [1.29, 1.82) is 0 Å². The first-order chi connectivity index (χ1) is 11.8. The number of carboxylic acid groups (broad SMARTS) is 1. The number of hydrogen-bond acceptors (Lipinski definition) is 7. The highest BCUT2D eigenvalue weighted by Gasteiger charge is 2.28. The van der Waals surface area contributed by atoms with Crippen LogP contribution in [0.5, 0.6) is 0 Å². The number of carbonyl (C=O) groups excluding carboxylic acids is 2. The monoisotopic (exact) mass is 344 g/mol. The molecule has 128 valence electrons. The van der Waals surface area contributed by atoms with Crippen molar-refractivity contribution in [1.82, 2.24) is 0 Å². The van der Waals surface area contributed by atoms with Gasteiger partial charge in [-0.25, -0.2) is 0 Å². The quantitative estimate of drug-likeness (QED) is 0.558. The average molecular weight is 344 g/mol. The van der Waals surface area contributed by atoms with Crippen LogP contribution in [0.2, 0.25) is 0 Å². The second-order valence-corrected chi connectivity index (χ2v) is 4.81. The predicted molar refractivity (Wildman–Crippen MR) is 82.9 cm³/mol. The van der Waals surface area contributed by atoms with E-state index >= 15 is 0 Å². The van der Waals surface area contributed by atoms with Gasteiger partial charge in [-0.15, -0.1) is 0 Å². The minimum atomic E-state index is -1.57. The molecule has 0 radical (unpaired) electrons. The molecule has 0 aliphatic heterocycles. The Balaban J connectivity index is 2.54. The summed E-state index contributed by atoms with van der Waals surface area (Å²) in [7, 11) is 0. The number of carboxylic acids is 1. The normalized spacial score (nSPS) is 10.1. The summed E-state index contributed by atoms with van der Waals surface area (Å²) in [6, 6.07) is 10.1. The third-order valence-electron chi connectivity index (χ3n) is 3.22. The van der Waals surface area contributed by atoms with Crippen LogP contribution >= 0.6 is 0 Å². The number of hydrogen-bond donors (Lipinski definition) is 0. The van der Waals surface area contributed by atoms with Gasteiger partial charge in [0.25, 0.3) is 17.3 Å². The Morgan fingerprint density at radius 1 is 0.960 bits per heavy atom. The molecule has 0 saturated carbocycles. The highest BCUT2D eigenvalue weighted by molar-refractivity contribution is 6.10. The number of para-hydroxylation sites is 1. The van der Waals surface area contributed by atoms with Crippen molar-refractivity contribution < 1.29 is 24.5 Å². The summed E-state index contributed by atoms with van der Waals surface area (Å²) < 4.78 is 0. The van der Waals surface area contributed by atoms with Gasteiger partial charge in [-0.05, 0) is 18.2 Å². The van der Waals surface area contributed by atoms with Crippen LogP contribution < -0.4 is 10.0 Å². The van der Waals surface area contributed by atoms with Gasteiger partial charge in [-0.3, -0.25) is 25.0 Å². The van der Waals surface area contributed by atoms with Crippen LogP contribution in [0.25, 0.3) is 0 Å². The molecule has 10 heteroatoms. The number of non-ortho nitro benzene ring substituents is 1. The number of benzene rings is 2. The van der Waals surface area contributed by atoms with Crippen molar-refractivity contribution in [2.75, 3.05) is 11.4 Å². The van der Waals surface area contributed by atoms with Gasteiger partial charge in [-0.1, -0.05) is 18.2 Å². The molecule has 0 fully saturated rings. The van der Waals surface area contributed by atoms with E-state index < -0.39 is 45.2 Å². The summed E-state index contributed by atoms with van der Waals surface area (Å²) in [6.07, 6.45) is 0. The largest absolute Gasteiger partial charge is 0.548 e. The van der Waals surface area contributed by atoms with E-state index in [9.17, 15) is 34.9 Å². The van der Waals surface area contributed by atoms with Gasteiger partial charge in [-0.2, -0.15) is 0 Å². The fourth-order valence-corrected chi connectivity index (χ4v) is 2.13. The Kier molecular flexibility index (Phi) is 5.03. The van der Waals surface area contributed by atoms with Crippen molar-refractivity contribution >= 4 is 28.9 Å². The number of nitrogens with zero attached hydrogens (tertiary/aromatic N) is 3. The van der Waals surface area contributed by atoms with E-state index in [2.05, 4.69) is 0 Å². The molecule has 1 amide bonds. The maximum Gasteiger partial charge on any atom is 0.289 e. The summed E-state index contributed by atoms with van der Waals surface area (Å²) in [4.78, 5) is 44.5. The molecule has 0 spiro atoms. The van der Waals surface area contributed by atoms with E-state index in [1.54, 1.807) is 18.2 Å². The molecule has 0 heterocycles. The van der Waals surface area contributed by atoms with Crippen LogP contribution in [0.3, 0.4) is 0 Å². The first-order valence-corrected chi connectivity index (χ1v) is 6.81. The first-order valence-electron chi connectivity index (χ1n) is 6.81. The van der Waals surface area contributed by atoms with Gasteiger partial charge < -0.3 is 14.8 Å². The topological polar surface area (TPSA) is 147 Å². The van der Waals surface area contributed by atoms with Gasteiger partial charge in [0.05, 0.1) is 28.4 Å². The zero-order valence-corrected chi connectivity index (χ0v) is 12.5. The molecular formula is C15H10N3O7-. The van der Waals surface area contributed by atoms with Crippen LogP contribution in [-0.4, -0.2) is 28.3 Å².